The van der Waals surface area contributed by atoms with E-state index in [0.717, 1.165) is 5.56 Å². The number of Topliss-reactive ketones (excluding diaryl/α,β-unsaturated/α-hetero) is 1. The minimum absolute atomic E-state index is 0.00495. The number of piperidine rings is 1. The highest BCUT2D eigenvalue weighted by molar-refractivity contribution is 5.91. The van der Waals surface area contributed by atoms with Crippen molar-refractivity contribution in [1.82, 2.24) is 15.3 Å². The van der Waals surface area contributed by atoms with Crippen LogP contribution in [-0.4, -0.2) is 52.9 Å². The number of fused-ring (bicyclic) bond motifs is 2. The monoisotopic (exact) mass is 331 g/mol. The van der Waals surface area contributed by atoms with Crippen LogP contribution in [0.5, 0.6) is 0 Å². The zero-order valence-corrected chi connectivity index (χ0v) is 13.6. The van der Waals surface area contributed by atoms with E-state index in [1.54, 1.807) is 0 Å². The van der Waals surface area contributed by atoms with E-state index < -0.39 is 6.04 Å². The number of urea groups is 1. The van der Waals surface area contributed by atoms with Gasteiger partial charge in [-0.05, 0) is 25.3 Å². The van der Waals surface area contributed by atoms with E-state index in [-0.39, 0.29) is 30.3 Å². The van der Waals surface area contributed by atoms with Gasteiger partial charge in [-0.1, -0.05) is 30.3 Å². The number of hydrogen-bond acceptors (Lipinski definition) is 4. The normalized spacial score (nSPS) is 22.6. The maximum absolute atomic E-state index is 12.5. The highest BCUT2D eigenvalue weighted by atomic mass is 16.7. The first-order valence-electron chi connectivity index (χ1n) is 8.10. The first kappa shape index (κ1) is 16.4. The average Bonchev–Trinajstić information content (AvgIpc) is 2.83. The predicted molar refractivity (Wildman–Crippen MR) is 85.7 cm³/mol. The minimum Gasteiger partial charge on any atom is -0.347 e. The number of carbonyl (C=O) groups is 3. The first-order chi connectivity index (χ1) is 11.6. The third-order valence-electron chi connectivity index (χ3n) is 4.35. The third kappa shape index (κ3) is 3.41. The van der Waals surface area contributed by atoms with Crippen LogP contribution in [0.15, 0.2) is 30.3 Å². The van der Waals surface area contributed by atoms with E-state index in [4.69, 9.17) is 4.84 Å². The van der Waals surface area contributed by atoms with E-state index in [0.29, 0.717) is 26.0 Å². The van der Waals surface area contributed by atoms with E-state index in [1.807, 2.05) is 30.3 Å². The molecule has 2 aliphatic rings. The van der Waals surface area contributed by atoms with Gasteiger partial charge in [-0.15, -0.1) is 0 Å². The van der Waals surface area contributed by atoms with Crippen molar-refractivity contribution < 1.29 is 19.2 Å². The molecule has 0 unspecified atom stereocenters. The van der Waals surface area contributed by atoms with Gasteiger partial charge >= 0.3 is 6.03 Å². The topological polar surface area (TPSA) is 79.0 Å². The Morgan fingerprint density at radius 1 is 1.25 bits per heavy atom. The van der Waals surface area contributed by atoms with Crippen LogP contribution >= 0.6 is 0 Å². The summed E-state index contributed by atoms with van der Waals surface area (Å²) in [5.41, 5.74) is 0.984. The number of amides is 3. The molecule has 2 bridgehead atoms. The molecule has 24 heavy (non-hydrogen) atoms. The van der Waals surface area contributed by atoms with Crippen LogP contribution in [0.3, 0.4) is 0 Å². The van der Waals surface area contributed by atoms with Gasteiger partial charge in [-0.25, -0.2) is 4.79 Å². The summed E-state index contributed by atoms with van der Waals surface area (Å²) >= 11 is 0. The summed E-state index contributed by atoms with van der Waals surface area (Å²) in [6.07, 6.45) is 1.28. The molecule has 2 fully saturated rings. The third-order valence-corrected chi connectivity index (χ3v) is 4.35. The number of rotatable bonds is 6. The number of ketones is 1. The largest absolute Gasteiger partial charge is 0.347 e. The average molecular weight is 331 g/mol. The lowest BCUT2D eigenvalue weighted by Crippen LogP contribution is -2.50. The standard InChI is InChI=1S/C17H21N3O4/c1-12(21)9-18-16(22)15-8-7-14-10-19(15)17(23)20(14)24-11-13-5-3-2-4-6-13/h2-6,14-15H,7-11H2,1H3,(H,18,22)/t14-,15+/m1/s1. The van der Waals surface area contributed by atoms with Gasteiger partial charge in [0.1, 0.15) is 18.4 Å². The van der Waals surface area contributed by atoms with Gasteiger partial charge in [0.05, 0.1) is 12.6 Å². The maximum Gasteiger partial charge on any atom is 0.345 e. The van der Waals surface area contributed by atoms with Crippen molar-refractivity contribution in [3.8, 4) is 0 Å². The van der Waals surface area contributed by atoms with Gasteiger partial charge in [0, 0.05) is 6.54 Å². The van der Waals surface area contributed by atoms with Gasteiger partial charge in [0.2, 0.25) is 5.91 Å². The van der Waals surface area contributed by atoms with E-state index in [2.05, 4.69) is 5.32 Å². The molecule has 7 heteroatoms. The Kier molecular flexibility index (Phi) is 4.80. The second-order valence-electron chi connectivity index (χ2n) is 6.19. The van der Waals surface area contributed by atoms with Crippen molar-refractivity contribution in [3.63, 3.8) is 0 Å². The number of benzene rings is 1. The van der Waals surface area contributed by atoms with E-state index in [9.17, 15) is 14.4 Å². The van der Waals surface area contributed by atoms with Crippen LogP contribution in [0.1, 0.15) is 25.3 Å². The van der Waals surface area contributed by atoms with Crippen molar-refractivity contribution in [3.05, 3.63) is 35.9 Å². The van der Waals surface area contributed by atoms with Crippen molar-refractivity contribution in [1.29, 1.82) is 0 Å². The Morgan fingerprint density at radius 2 is 2.00 bits per heavy atom. The second-order valence-corrected chi connectivity index (χ2v) is 6.19. The highest BCUT2D eigenvalue weighted by Gasteiger charge is 2.47. The molecule has 128 valence electrons. The lowest BCUT2D eigenvalue weighted by Gasteiger charge is -2.29. The number of hydrogen-bond donors (Lipinski definition) is 1. The molecular formula is C17H21N3O4. The molecule has 7 nitrogen and oxygen atoms in total. The molecule has 0 radical (unpaired) electrons. The zero-order valence-electron chi connectivity index (χ0n) is 13.6. The molecule has 2 atom stereocenters. The Labute approximate surface area is 140 Å². The number of nitrogens with zero attached hydrogens (tertiary/aromatic N) is 2. The number of hydroxylamine groups is 2. The smallest absolute Gasteiger partial charge is 0.345 e. The molecule has 0 aromatic heterocycles. The number of nitrogens with one attached hydrogen (secondary N) is 1. The molecule has 2 saturated heterocycles. The molecule has 1 N–H and O–H groups in total. The summed E-state index contributed by atoms with van der Waals surface area (Å²) in [5.74, 6) is -0.389. The van der Waals surface area contributed by atoms with Crippen LogP contribution in [0.25, 0.3) is 0 Å². The fourth-order valence-electron chi connectivity index (χ4n) is 3.12. The van der Waals surface area contributed by atoms with Crippen LogP contribution in [0.4, 0.5) is 4.79 Å². The molecule has 0 spiro atoms. The van der Waals surface area contributed by atoms with Gasteiger partial charge < -0.3 is 10.2 Å². The van der Waals surface area contributed by atoms with Crippen LogP contribution in [0, 0.1) is 0 Å². The summed E-state index contributed by atoms with van der Waals surface area (Å²) in [6.45, 7) is 2.20. The van der Waals surface area contributed by atoms with Gasteiger partial charge in [-0.3, -0.25) is 14.4 Å². The minimum atomic E-state index is -0.529. The van der Waals surface area contributed by atoms with Crippen molar-refractivity contribution in [2.45, 2.75) is 38.5 Å². The lowest BCUT2D eigenvalue weighted by atomic mass is 10.0. The number of carbonyl (C=O) groups excluding carboxylic acids is 3. The molecule has 0 saturated carbocycles. The molecule has 1 aromatic carbocycles. The quantitative estimate of drug-likeness (QED) is 0.846. The SMILES string of the molecule is CC(=O)CNC(=O)[C@@H]1CC[C@@H]2CN1C(=O)N2OCc1ccccc1. The van der Waals surface area contributed by atoms with E-state index in [1.165, 1.54) is 16.9 Å². The van der Waals surface area contributed by atoms with Crippen molar-refractivity contribution in [2.24, 2.45) is 0 Å². The summed E-state index contributed by atoms with van der Waals surface area (Å²) in [7, 11) is 0. The van der Waals surface area contributed by atoms with Crippen LogP contribution in [-0.2, 0) is 21.0 Å². The van der Waals surface area contributed by atoms with E-state index >= 15 is 0 Å². The molecule has 3 amide bonds. The van der Waals surface area contributed by atoms with Crippen molar-refractivity contribution in [2.75, 3.05) is 13.1 Å². The summed E-state index contributed by atoms with van der Waals surface area (Å²) < 4.78 is 0. The van der Waals surface area contributed by atoms with Crippen LogP contribution in [0.2, 0.25) is 0 Å². The molecule has 0 aliphatic carbocycles. The molecule has 1 aromatic rings. The zero-order chi connectivity index (χ0) is 17.1. The second kappa shape index (κ2) is 7.00. The Hall–Kier alpha value is -2.41. The maximum atomic E-state index is 12.5. The van der Waals surface area contributed by atoms with Gasteiger partial charge in [-0.2, -0.15) is 5.06 Å². The fourth-order valence-corrected chi connectivity index (χ4v) is 3.12. The molecular weight excluding hydrogens is 310 g/mol. The van der Waals surface area contributed by atoms with Gasteiger partial charge in [0.15, 0.2) is 0 Å². The molecule has 2 heterocycles. The lowest BCUT2D eigenvalue weighted by molar-refractivity contribution is -0.140. The highest BCUT2D eigenvalue weighted by Crippen LogP contribution is 2.30. The fraction of sp³-hybridized carbons (Fsp3) is 0.471. The summed E-state index contributed by atoms with van der Waals surface area (Å²) in [5, 5.41) is 3.98. The van der Waals surface area contributed by atoms with Crippen molar-refractivity contribution >= 4 is 17.7 Å². The summed E-state index contributed by atoms with van der Waals surface area (Å²) in [6, 6.07) is 8.79. The molecule has 3 rings (SSSR count). The predicted octanol–water partition coefficient (Wildman–Crippen LogP) is 1.09. The Morgan fingerprint density at radius 3 is 2.71 bits per heavy atom. The van der Waals surface area contributed by atoms with Gasteiger partial charge in [0.25, 0.3) is 0 Å². The Balaban J connectivity index is 1.60. The molecule has 2 aliphatic heterocycles. The van der Waals surface area contributed by atoms with Crippen LogP contribution < -0.4 is 5.32 Å². The first-order valence-corrected chi connectivity index (χ1v) is 8.10. The Bertz CT molecular complexity index is 634. The summed E-state index contributed by atoms with van der Waals surface area (Å²) in [4.78, 5) is 43.0.